The van der Waals surface area contributed by atoms with Crippen LogP contribution in [-0.4, -0.2) is 58.2 Å². The number of benzene rings is 2. The Hall–Kier alpha value is -4.06. The summed E-state index contributed by atoms with van der Waals surface area (Å²) in [5.41, 5.74) is 6.30. The van der Waals surface area contributed by atoms with Crippen LogP contribution >= 0.6 is 0 Å². The number of carbonyl (C=O) groups is 2. The zero-order valence-electron chi connectivity index (χ0n) is 31.0. The molecule has 4 aromatic rings. The lowest BCUT2D eigenvalue weighted by molar-refractivity contribution is -0.119. The number of rotatable bonds is 18. The zero-order chi connectivity index (χ0) is 36.1. The van der Waals surface area contributed by atoms with Gasteiger partial charge in [-0.2, -0.15) is 10.2 Å². The molecule has 0 spiro atoms. The SMILES string of the molecule is Cc1nn(COCC[Si](C)(C)C)c(C)c1-c1ccc(NC(=O)C(NC(=O)c2ccnn2CC(C)OCc2ccccc2)C(C2CC2)C2CC2)cc1. The first-order chi connectivity index (χ1) is 24.5. The summed E-state index contributed by atoms with van der Waals surface area (Å²) in [7, 11) is -1.16. The number of amides is 2. The Kier molecular flexibility index (Phi) is 11.6. The van der Waals surface area contributed by atoms with Gasteiger partial charge in [-0.25, -0.2) is 4.68 Å². The van der Waals surface area contributed by atoms with Crippen LogP contribution in [0.1, 0.15) is 60.0 Å². The van der Waals surface area contributed by atoms with Gasteiger partial charge in [0.2, 0.25) is 5.91 Å². The molecule has 10 nitrogen and oxygen atoms in total. The number of hydrogen-bond donors (Lipinski definition) is 2. The minimum atomic E-state index is -1.16. The van der Waals surface area contributed by atoms with Crippen molar-refractivity contribution in [2.75, 3.05) is 11.9 Å². The number of aryl methyl sites for hydroxylation is 1. The molecule has 51 heavy (non-hydrogen) atoms. The van der Waals surface area contributed by atoms with E-state index in [0.29, 0.717) is 43.1 Å². The van der Waals surface area contributed by atoms with E-state index < -0.39 is 14.1 Å². The van der Waals surface area contributed by atoms with Gasteiger partial charge in [-0.15, -0.1) is 0 Å². The molecule has 2 aliphatic carbocycles. The highest BCUT2D eigenvalue weighted by atomic mass is 28.3. The van der Waals surface area contributed by atoms with Crippen molar-refractivity contribution in [3.05, 3.63) is 89.5 Å². The van der Waals surface area contributed by atoms with Crippen LogP contribution in [0.3, 0.4) is 0 Å². The fourth-order valence-electron chi connectivity index (χ4n) is 6.93. The van der Waals surface area contributed by atoms with Gasteiger partial charge in [-0.1, -0.05) is 62.1 Å². The molecule has 2 unspecified atom stereocenters. The molecule has 0 bridgehead atoms. The zero-order valence-corrected chi connectivity index (χ0v) is 32.0. The third kappa shape index (κ3) is 9.84. The van der Waals surface area contributed by atoms with Crippen LogP contribution in [0, 0.1) is 31.6 Å². The Morgan fingerprint density at radius 2 is 1.63 bits per heavy atom. The quantitative estimate of drug-likeness (QED) is 0.0820. The number of anilines is 1. The maximum atomic E-state index is 14.1. The van der Waals surface area contributed by atoms with Crippen LogP contribution in [0.5, 0.6) is 0 Å². The Labute approximate surface area is 303 Å². The summed E-state index contributed by atoms with van der Waals surface area (Å²) < 4.78 is 15.6. The molecule has 2 aromatic carbocycles. The van der Waals surface area contributed by atoms with Gasteiger partial charge >= 0.3 is 0 Å². The molecule has 0 saturated heterocycles. The second-order valence-corrected chi connectivity index (χ2v) is 21.3. The van der Waals surface area contributed by atoms with Crippen molar-refractivity contribution in [1.29, 1.82) is 0 Å². The summed E-state index contributed by atoms with van der Waals surface area (Å²) in [4.78, 5) is 27.9. The molecule has 2 aromatic heterocycles. The highest BCUT2D eigenvalue weighted by molar-refractivity contribution is 6.76. The monoisotopic (exact) mass is 710 g/mol. The first-order valence-corrected chi connectivity index (χ1v) is 22.2. The maximum Gasteiger partial charge on any atom is 0.270 e. The van der Waals surface area contributed by atoms with Crippen molar-refractivity contribution in [2.45, 2.75) is 104 Å². The minimum Gasteiger partial charge on any atom is -0.372 e. The molecule has 2 saturated carbocycles. The minimum absolute atomic E-state index is 0.113. The van der Waals surface area contributed by atoms with Gasteiger partial charge in [0.25, 0.3) is 5.91 Å². The number of hydrogen-bond acceptors (Lipinski definition) is 6. The van der Waals surface area contributed by atoms with Crippen molar-refractivity contribution in [3.8, 4) is 11.1 Å². The van der Waals surface area contributed by atoms with E-state index >= 15 is 0 Å². The summed E-state index contributed by atoms with van der Waals surface area (Å²) in [6.07, 6.45) is 5.85. The third-order valence-electron chi connectivity index (χ3n) is 10.1. The van der Waals surface area contributed by atoms with Gasteiger partial charge in [0.05, 0.1) is 24.9 Å². The summed E-state index contributed by atoms with van der Waals surface area (Å²) >= 11 is 0. The van der Waals surface area contributed by atoms with E-state index in [-0.39, 0.29) is 23.8 Å². The number of nitrogens with one attached hydrogen (secondary N) is 2. The lowest BCUT2D eigenvalue weighted by atomic mass is 9.88. The second kappa shape index (κ2) is 16.1. The van der Waals surface area contributed by atoms with E-state index in [9.17, 15) is 9.59 Å². The fourth-order valence-corrected chi connectivity index (χ4v) is 7.69. The largest absolute Gasteiger partial charge is 0.372 e. The molecule has 2 heterocycles. The van der Waals surface area contributed by atoms with Crippen molar-refractivity contribution in [3.63, 3.8) is 0 Å². The standard InChI is InChI=1S/C40H54N6O4Si/c1-27(50-25-30-10-8-7-9-11-30)24-45-35(20-21-41-45)39(47)43-38(37(32-12-13-32)33-14-15-33)40(48)42-34-18-16-31(17-19-34)36-28(2)44-46(29(36)3)26-49-22-23-51(4,5)6/h7-11,16-21,27,32-33,37-38H,12-15,22-26H2,1-6H3,(H,42,48)(H,43,47). The highest BCUT2D eigenvalue weighted by Crippen LogP contribution is 2.51. The Morgan fingerprint density at radius 3 is 2.27 bits per heavy atom. The van der Waals surface area contributed by atoms with Crippen molar-refractivity contribution < 1.29 is 19.1 Å². The predicted octanol–water partition coefficient (Wildman–Crippen LogP) is 7.45. The molecule has 2 amide bonds. The van der Waals surface area contributed by atoms with Crippen molar-refractivity contribution >= 4 is 25.6 Å². The Bertz CT molecular complexity index is 1760. The van der Waals surface area contributed by atoms with E-state index in [0.717, 1.165) is 66.4 Å². The van der Waals surface area contributed by atoms with Crippen LogP contribution in [0.25, 0.3) is 11.1 Å². The first kappa shape index (κ1) is 36.7. The molecule has 2 N–H and O–H groups in total. The average molecular weight is 711 g/mol. The number of ether oxygens (including phenoxy) is 2. The fraction of sp³-hybridized carbons (Fsp3) is 0.500. The lowest BCUT2D eigenvalue weighted by Crippen LogP contribution is -2.50. The molecular weight excluding hydrogens is 657 g/mol. The summed E-state index contributed by atoms with van der Waals surface area (Å²) in [6, 6.07) is 20.1. The topological polar surface area (TPSA) is 112 Å². The normalized spacial score (nSPS) is 15.9. The van der Waals surface area contributed by atoms with Crippen LogP contribution < -0.4 is 10.6 Å². The van der Waals surface area contributed by atoms with Crippen molar-refractivity contribution in [1.82, 2.24) is 24.9 Å². The second-order valence-electron chi connectivity index (χ2n) is 15.7. The molecule has 11 heteroatoms. The molecule has 272 valence electrons. The maximum absolute atomic E-state index is 14.1. The molecule has 0 radical (unpaired) electrons. The molecule has 2 fully saturated rings. The molecular formula is C40H54N6O4Si. The van der Waals surface area contributed by atoms with E-state index in [1.54, 1.807) is 16.9 Å². The van der Waals surface area contributed by atoms with Gasteiger partial charge in [-0.3, -0.25) is 14.3 Å². The van der Waals surface area contributed by atoms with E-state index in [4.69, 9.17) is 14.6 Å². The number of nitrogens with zero attached hydrogens (tertiary/aromatic N) is 4. The van der Waals surface area contributed by atoms with Crippen LogP contribution in [0.4, 0.5) is 5.69 Å². The van der Waals surface area contributed by atoms with Crippen molar-refractivity contribution in [2.24, 2.45) is 17.8 Å². The van der Waals surface area contributed by atoms with Gasteiger partial charge in [0.15, 0.2) is 0 Å². The van der Waals surface area contributed by atoms with Crippen LogP contribution in [0.15, 0.2) is 66.9 Å². The van der Waals surface area contributed by atoms with Gasteiger partial charge in [0, 0.05) is 37.8 Å². The van der Waals surface area contributed by atoms with E-state index in [1.807, 2.05) is 73.1 Å². The molecule has 2 atom stereocenters. The van der Waals surface area contributed by atoms with Crippen LogP contribution in [0.2, 0.25) is 25.7 Å². The molecule has 2 aliphatic rings. The summed E-state index contributed by atoms with van der Waals surface area (Å²) in [5, 5.41) is 15.5. The van der Waals surface area contributed by atoms with Gasteiger partial charge in [0.1, 0.15) is 18.5 Å². The predicted molar refractivity (Wildman–Crippen MR) is 203 cm³/mol. The molecule has 6 rings (SSSR count). The highest BCUT2D eigenvalue weighted by Gasteiger charge is 2.48. The summed E-state index contributed by atoms with van der Waals surface area (Å²) in [6.45, 7) is 15.2. The van der Waals surface area contributed by atoms with E-state index in [2.05, 4.69) is 42.3 Å². The first-order valence-electron chi connectivity index (χ1n) is 18.5. The average Bonchev–Trinajstić information content (AvgIpc) is 4.04. The van der Waals surface area contributed by atoms with Gasteiger partial charge < -0.3 is 20.1 Å². The van der Waals surface area contributed by atoms with Crippen LogP contribution in [-0.2, 0) is 34.2 Å². The third-order valence-corrected chi connectivity index (χ3v) is 11.8. The Morgan fingerprint density at radius 1 is 0.941 bits per heavy atom. The number of aromatic nitrogens is 4. The lowest BCUT2D eigenvalue weighted by Gasteiger charge is -2.27. The summed E-state index contributed by atoms with van der Waals surface area (Å²) in [5.74, 6) is 0.545. The Balaban J connectivity index is 1.11. The number of carbonyl (C=O) groups excluding carboxylic acids is 2. The van der Waals surface area contributed by atoms with Gasteiger partial charge in [-0.05, 0) is 99.6 Å². The smallest absolute Gasteiger partial charge is 0.270 e. The molecule has 0 aliphatic heterocycles. The van der Waals surface area contributed by atoms with E-state index in [1.165, 1.54) is 0 Å².